The number of ether oxygens (including phenoxy) is 1. The van der Waals surface area contributed by atoms with E-state index in [0.29, 0.717) is 24.5 Å². The van der Waals surface area contributed by atoms with Crippen LogP contribution < -0.4 is 0 Å². The minimum Gasteiger partial charge on any atom is -0.475 e. The molecule has 0 amide bonds. The average molecular weight is 307 g/mol. The summed E-state index contributed by atoms with van der Waals surface area (Å²) >= 11 is 0. The minimum atomic E-state index is -0.258. The van der Waals surface area contributed by atoms with Gasteiger partial charge in [-0.3, -0.25) is 4.79 Å². The van der Waals surface area contributed by atoms with Gasteiger partial charge in [0, 0.05) is 12.0 Å². The number of nitrogens with zero attached hydrogens (tertiary/aromatic N) is 1. The van der Waals surface area contributed by atoms with Crippen LogP contribution in [0.15, 0.2) is 53.5 Å². The number of hydrogen-bond acceptors (Lipinski definition) is 3. The van der Waals surface area contributed by atoms with E-state index in [-0.39, 0.29) is 11.3 Å². The lowest BCUT2D eigenvalue weighted by molar-refractivity contribution is 0.0987. The molecule has 1 heterocycles. The van der Waals surface area contributed by atoms with Gasteiger partial charge in [0.2, 0.25) is 5.90 Å². The van der Waals surface area contributed by atoms with Gasteiger partial charge in [-0.1, -0.05) is 55.5 Å². The maximum Gasteiger partial charge on any atom is 0.218 e. The van der Waals surface area contributed by atoms with Crippen LogP contribution in [-0.2, 0) is 4.74 Å². The number of carbonyl (C=O) groups excluding carboxylic acids is 1. The molecule has 0 N–H and O–H groups in total. The number of carbonyl (C=O) groups is 1. The van der Waals surface area contributed by atoms with E-state index >= 15 is 0 Å². The van der Waals surface area contributed by atoms with Gasteiger partial charge in [0.15, 0.2) is 5.78 Å². The van der Waals surface area contributed by atoms with Gasteiger partial charge in [-0.05, 0) is 25.0 Å². The minimum absolute atomic E-state index is 0.105. The molecule has 1 aliphatic rings. The summed E-state index contributed by atoms with van der Waals surface area (Å²) in [6, 6.07) is 15.9. The first-order valence-electron chi connectivity index (χ1n) is 7.96. The molecular formula is C20H21NO2. The van der Waals surface area contributed by atoms with E-state index < -0.39 is 0 Å². The van der Waals surface area contributed by atoms with Crippen LogP contribution in [0.25, 0.3) is 11.1 Å². The van der Waals surface area contributed by atoms with Gasteiger partial charge in [-0.25, -0.2) is 4.99 Å². The second-order valence-corrected chi connectivity index (χ2v) is 6.39. The number of hydrogen-bond donors (Lipinski definition) is 0. The Bertz CT molecular complexity index is 760. The van der Waals surface area contributed by atoms with Crippen molar-refractivity contribution in [2.45, 2.75) is 32.7 Å². The Hall–Kier alpha value is -2.42. The van der Waals surface area contributed by atoms with E-state index in [0.717, 1.165) is 16.7 Å². The number of ketones is 1. The fraction of sp³-hybridized carbons (Fsp3) is 0.300. The van der Waals surface area contributed by atoms with Crippen LogP contribution in [0.2, 0.25) is 0 Å². The van der Waals surface area contributed by atoms with Gasteiger partial charge in [-0.15, -0.1) is 0 Å². The van der Waals surface area contributed by atoms with Crippen LogP contribution in [0.5, 0.6) is 0 Å². The molecule has 23 heavy (non-hydrogen) atoms. The van der Waals surface area contributed by atoms with Gasteiger partial charge >= 0.3 is 0 Å². The molecule has 0 unspecified atom stereocenters. The Morgan fingerprint density at radius 1 is 1.13 bits per heavy atom. The van der Waals surface area contributed by atoms with Gasteiger partial charge in [0.25, 0.3) is 0 Å². The molecule has 0 radical (unpaired) electrons. The second-order valence-electron chi connectivity index (χ2n) is 6.39. The van der Waals surface area contributed by atoms with Crippen LogP contribution in [0.4, 0.5) is 0 Å². The van der Waals surface area contributed by atoms with Gasteiger partial charge in [-0.2, -0.15) is 0 Å². The molecule has 3 nitrogen and oxygen atoms in total. The van der Waals surface area contributed by atoms with Crippen molar-refractivity contribution in [1.82, 2.24) is 0 Å². The molecule has 118 valence electrons. The smallest absolute Gasteiger partial charge is 0.218 e. The van der Waals surface area contributed by atoms with Crippen molar-refractivity contribution in [3.63, 3.8) is 0 Å². The van der Waals surface area contributed by atoms with E-state index in [1.54, 1.807) is 0 Å². The highest BCUT2D eigenvalue weighted by atomic mass is 16.5. The molecule has 0 atom stereocenters. The fourth-order valence-corrected chi connectivity index (χ4v) is 2.78. The third-order valence-corrected chi connectivity index (χ3v) is 3.95. The van der Waals surface area contributed by atoms with Crippen LogP contribution in [0, 0.1) is 0 Å². The first-order valence-corrected chi connectivity index (χ1v) is 7.96. The average Bonchev–Trinajstić information content (AvgIpc) is 2.94. The predicted octanol–water partition coefficient (Wildman–Crippen LogP) is 4.50. The summed E-state index contributed by atoms with van der Waals surface area (Å²) in [4.78, 5) is 17.1. The number of rotatable bonds is 4. The molecular weight excluding hydrogens is 286 g/mol. The van der Waals surface area contributed by atoms with E-state index in [4.69, 9.17) is 9.73 Å². The molecule has 2 aromatic carbocycles. The normalized spacial score (nSPS) is 15.9. The Morgan fingerprint density at radius 2 is 1.87 bits per heavy atom. The van der Waals surface area contributed by atoms with Crippen molar-refractivity contribution >= 4 is 11.7 Å². The standard InChI is InChI=1S/C20H21NO2/c1-4-17(22)16-12-8-11-15(14-9-6-5-7-10-14)18(16)19-21-20(2,3)13-23-19/h5-12H,4,13H2,1-3H3. The maximum atomic E-state index is 12.4. The summed E-state index contributed by atoms with van der Waals surface area (Å²) in [6.07, 6.45) is 0.460. The van der Waals surface area contributed by atoms with E-state index in [1.807, 2.05) is 69.3 Å². The van der Waals surface area contributed by atoms with Crippen molar-refractivity contribution in [3.8, 4) is 11.1 Å². The lowest BCUT2D eigenvalue weighted by Crippen LogP contribution is -2.17. The maximum absolute atomic E-state index is 12.4. The van der Waals surface area contributed by atoms with Gasteiger partial charge < -0.3 is 4.74 Å². The molecule has 2 aromatic rings. The molecule has 0 bridgehead atoms. The van der Waals surface area contributed by atoms with E-state index in [1.165, 1.54) is 0 Å². The Morgan fingerprint density at radius 3 is 2.48 bits per heavy atom. The summed E-state index contributed by atoms with van der Waals surface area (Å²) in [7, 11) is 0. The van der Waals surface area contributed by atoms with Crippen molar-refractivity contribution in [2.75, 3.05) is 6.61 Å². The fourth-order valence-electron chi connectivity index (χ4n) is 2.78. The monoisotopic (exact) mass is 307 g/mol. The van der Waals surface area contributed by atoms with Crippen molar-refractivity contribution in [3.05, 3.63) is 59.7 Å². The Labute approximate surface area is 137 Å². The summed E-state index contributed by atoms with van der Waals surface area (Å²) in [6.45, 7) is 6.48. The first-order chi connectivity index (χ1) is 11.0. The van der Waals surface area contributed by atoms with Gasteiger partial charge in [0.1, 0.15) is 6.61 Å². The summed E-state index contributed by atoms with van der Waals surface area (Å²) in [5.41, 5.74) is 3.29. The third-order valence-electron chi connectivity index (χ3n) is 3.95. The van der Waals surface area contributed by atoms with Crippen LogP contribution in [0.3, 0.4) is 0 Å². The van der Waals surface area contributed by atoms with Crippen LogP contribution in [0.1, 0.15) is 43.1 Å². The highest BCUT2D eigenvalue weighted by Gasteiger charge is 2.30. The molecule has 0 aromatic heterocycles. The number of aliphatic imine (C=N–C) groups is 1. The Balaban J connectivity index is 2.24. The van der Waals surface area contributed by atoms with Gasteiger partial charge in [0.05, 0.1) is 11.1 Å². The topological polar surface area (TPSA) is 38.7 Å². The molecule has 0 spiro atoms. The third kappa shape index (κ3) is 3.04. The van der Waals surface area contributed by atoms with E-state index in [9.17, 15) is 4.79 Å². The molecule has 3 rings (SSSR count). The van der Waals surface area contributed by atoms with E-state index in [2.05, 4.69) is 0 Å². The first kappa shape index (κ1) is 15.5. The zero-order valence-electron chi connectivity index (χ0n) is 13.8. The summed E-state index contributed by atoms with van der Waals surface area (Å²) < 4.78 is 5.85. The quantitative estimate of drug-likeness (QED) is 0.780. The largest absolute Gasteiger partial charge is 0.475 e. The highest BCUT2D eigenvalue weighted by Crippen LogP contribution is 2.31. The summed E-state index contributed by atoms with van der Waals surface area (Å²) in [5, 5.41) is 0. The second kappa shape index (κ2) is 5.99. The zero-order chi connectivity index (χ0) is 16.4. The predicted molar refractivity (Wildman–Crippen MR) is 93.1 cm³/mol. The Kier molecular flexibility index (Phi) is 4.03. The molecule has 0 saturated heterocycles. The number of benzene rings is 2. The molecule has 3 heteroatoms. The molecule has 0 saturated carbocycles. The van der Waals surface area contributed by atoms with Crippen LogP contribution in [-0.4, -0.2) is 23.8 Å². The van der Waals surface area contributed by atoms with Crippen LogP contribution >= 0.6 is 0 Å². The summed E-state index contributed by atoms with van der Waals surface area (Å²) in [5.74, 6) is 0.681. The lowest BCUT2D eigenvalue weighted by atomic mass is 9.92. The molecule has 0 fully saturated rings. The lowest BCUT2D eigenvalue weighted by Gasteiger charge is -2.14. The number of Topliss-reactive ketones (excluding diaryl/α,β-unsaturated/α-hetero) is 1. The SMILES string of the molecule is CCC(=O)c1cccc(-c2ccccc2)c1C1=NC(C)(C)CO1. The highest BCUT2D eigenvalue weighted by molar-refractivity contribution is 6.12. The molecule has 0 aliphatic carbocycles. The van der Waals surface area contributed by atoms with Crippen molar-refractivity contribution < 1.29 is 9.53 Å². The van der Waals surface area contributed by atoms with Crippen molar-refractivity contribution in [1.29, 1.82) is 0 Å². The van der Waals surface area contributed by atoms with Crippen molar-refractivity contribution in [2.24, 2.45) is 4.99 Å². The molecule has 1 aliphatic heterocycles. The zero-order valence-corrected chi connectivity index (χ0v) is 13.8.